The van der Waals surface area contributed by atoms with E-state index in [-0.39, 0.29) is 6.04 Å². The largest absolute Gasteiger partial charge is 0.310 e. The summed E-state index contributed by atoms with van der Waals surface area (Å²) in [7, 11) is 0. The Morgan fingerprint density at radius 2 is 1.86 bits per heavy atom. The van der Waals surface area contributed by atoms with Crippen molar-refractivity contribution in [1.29, 1.82) is 0 Å². The van der Waals surface area contributed by atoms with Crippen LogP contribution in [0.2, 0.25) is 5.02 Å². The van der Waals surface area contributed by atoms with Gasteiger partial charge < -0.3 is 5.32 Å². The summed E-state index contributed by atoms with van der Waals surface area (Å²) in [6, 6.07) is 9.92. The van der Waals surface area contributed by atoms with E-state index in [1.807, 2.05) is 32.0 Å². The van der Waals surface area contributed by atoms with Crippen molar-refractivity contribution in [2.75, 3.05) is 6.54 Å². The van der Waals surface area contributed by atoms with Gasteiger partial charge in [-0.15, -0.1) is 0 Å². The van der Waals surface area contributed by atoms with Gasteiger partial charge in [0.2, 0.25) is 0 Å². The van der Waals surface area contributed by atoms with Gasteiger partial charge in [0, 0.05) is 11.1 Å². The van der Waals surface area contributed by atoms with Crippen LogP contribution in [-0.2, 0) is 6.42 Å². The molecule has 4 heteroatoms. The van der Waals surface area contributed by atoms with Crippen molar-refractivity contribution in [3.63, 3.8) is 0 Å². The third kappa shape index (κ3) is 4.02. The lowest BCUT2D eigenvalue weighted by molar-refractivity contribution is 0.502. The lowest BCUT2D eigenvalue weighted by atomic mass is 9.97. The molecule has 1 unspecified atom stereocenters. The van der Waals surface area contributed by atoms with Crippen LogP contribution >= 0.6 is 11.6 Å². The second-order valence-corrected chi connectivity index (χ2v) is 5.48. The molecule has 0 amide bonds. The van der Waals surface area contributed by atoms with Gasteiger partial charge in [0.1, 0.15) is 0 Å². The molecule has 0 aliphatic carbocycles. The summed E-state index contributed by atoms with van der Waals surface area (Å²) in [6.45, 7) is 4.75. The maximum atomic E-state index is 13.3. The van der Waals surface area contributed by atoms with Gasteiger partial charge in [-0.3, -0.25) is 0 Å². The van der Waals surface area contributed by atoms with Gasteiger partial charge in [-0.1, -0.05) is 36.7 Å². The molecule has 2 aromatic carbocycles. The highest BCUT2D eigenvalue weighted by Gasteiger charge is 2.13. The zero-order chi connectivity index (χ0) is 15.4. The van der Waals surface area contributed by atoms with Crippen molar-refractivity contribution >= 4 is 11.6 Å². The molecule has 1 N–H and O–H groups in total. The summed E-state index contributed by atoms with van der Waals surface area (Å²) in [5.74, 6) is -1.63. The van der Waals surface area contributed by atoms with Crippen molar-refractivity contribution in [1.82, 2.24) is 5.32 Å². The van der Waals surface area contributed by atoms with E-state index in [0.717, 1.165) is 28.3 Å². The Kier molecular flexibility index (Phi) is 5.32. The predicted molar refractivity (Wildman–Crippen MR) is 82.7 cm³/mol. The van der Waals surface area contributed by atoms with Crippen molar-refractivity contribution in [3.8, 4) is 0 Å². The molecule has 112 valence electrons. The lowest BCUT2D eigenvalue weighted by Crippen LogP contribution is -2.23. The van der Waals surface area contributed by atoms with Crippen LogP contribution in [0.25, 0.3) is 0 Å². The number of benzene rings is 2. The number of hydrogen-bond acceptors (Lipinski definition) is 1. The van der Waals surface area contributed by atoms with E-state index in [4.69, 9.17) is 11.6 Å². The zero-order valence-corrected chi connectivity index (χ0v) is 12.8. The van der Waals surface area contributed by atoms with Crippen LogP contribution in [0.1, 0.15) is 29.7 Å². The number of halogens is 3. The van der Waals surface area contributed by atoms with Gasteiger partial charge in [-0.25, -0.2) is 8.78 Å². The monoisotopic (exact) mass is 309 g/mol. The Morgan fingerprint density at radius 3 is 2.48 bits per heavy atom. The Hall–Kier alpha value is -1.45. The van der Waals surface area contributed by atoms with Gasteiger partial charge in [0.15, 0.2) is 11.6 Å². The first-order valence-corrected chi connectivity index (χ1v) is 7.32. The van der Waals surface area contributed by atoms with Crippen LogP contribution in [-0.4, -0.2) is 6.54 Å². The van der Waals surface area contributed by atoms with E-state index in [1.54, 1.807) is 6.07 Å². The SMILES string of the molecule is CCNC(Cc1ccc(F)c(F)c1)c1ccc(Cl)c(C)c1. The summed E-state index contributed by atoms with van der Waals surface area (Å²) >= 11 is 6.05. The fourth-order valence-electron chi connectivity index (χ4n) is 2.34. The van der Waals surface area contributed by atoms with Crippen molar-refractivity contribution in [2.45, 2.75) is 26.3 Å². The van der Waals surface area contributed by atoms with Gasteiger partial charge in [-0.05, 0) is 54.8 Å². The Balaban J connectivity index is 2.25. The zero-order valence-electron chi connectivity index (χ0n) is 12.1. The average Bonchev–Trinajstić information content (AvgIpc) is 2.45. The molecule has 1 nitrogen and oxygen atoms in total. The average molecular weight is 310 g/mol. The maximum absolute atomic E-state index is 13.3. The van der Waals surface area contributed by atoms with Gasteiger partial charge in [0.25, 0.3) is 0 Å². The van der Waals surface area contributed by atoms with E-state index >= 15 is 0 Å². The van der Waals surface area contributed by atoms with E-state index < -0.39 is 11.6 Å². The van der Waals surface area contributed by atoms with E-state index in [0.29, 0.717) is 6.42 Å². The summed E-state index contributed by atoms with van der Waals surface area (Å²) in [5.41, 5.74) is 2.85. The third-order valence-corrected chi connectivity index (χ3v) is 3.88. The molecular weight excluding hydrogens is 292 g/mol. The first-order chi connectivity index (χ1) is 10.0. The van der Waals surface area contributed by atoms with Crippen LogP contribution in [0, 0.1) is 18.6 Å². The quantitative estimate of drug-likeness (QED) is 0.835. The van der Waals surface area contributed by atoms with E-state index in [9.17, 15) is 8.78 Å². The van der Waals surface area contributed by atoms with Crippen molar-refractivity contribution in [3.05, 3.63) is 69.7 Å². The molecule has 0 saturated heterocycles. The molecule has 0 heterocycles. The number of likely N-dealkylation sites (N-methyl/N-ethyl adjacent to an activating group) is 1. The molecule has 0 fully saturated rings. The molecule has 0 aliphatic rings. The van der Waals surface area contributed by atoms with Crippen molar-refractivity contribution in [2.24, 2.45) is 0 Å². The van der Waals surface area contributed by atoms with Crippen LogP contribution < -0.4 is 5.32 Å². The molecule has 21 heavy (non-hydrogen) atoms. The number of hydrogen-bond donors (Lipinski definition) is 1. The molecule has 2 rings (SSSR count). The Morgan fingerprint density at radius 1 is 1.10 bits per heavy atom. The van der Waals surface area contributed by atoms with Crippen LogP contribution in [0.3, 0.4) is 0 Å². The van der Waals surface area contributed by atoms with E-state index in [2.05, 4.69) is 5.32 Å². The first-order valence-electron chi connectivity index (χ1n) is 6.94. The maximum Gasteiger partial charge on any atom is 0.159 e. The fraction of sp³-hybridized carbons (Fsp3) is 0.294. The number of aryl methyl sites for hydroxylation is 1. The predicted octanol–water partition coefficient (Wildman–Crippen LogP) is 4.82. The summed E-state index contributed by atoms with van der Waals surface area (Å²) in [4.78, 5) is 0. The minimum atomic E-state index is -0.818. The summed E-state index contributed by atoms with van der Waals surface area (Å²) < 4.78 is 26.3. The van der Waals surface area contributed by atoms with Gasteiger partial charge in [-0.2, -0.15) is 0 Å². The number of rotatable bonds is 5. The standard InChI is InChI=1S/C17H18ClF2N/c1-3-21-17(13-5-6-14(18)11(2)8-13)10-12-4-7-15(19)16(20)9-12/h4-9,17,21H,3,10H2,1-2H3. The van der Waals surface area contributed by atoms with Gasteiger partial charge >= 0.3 is 0 Å². The second-order valence-electron chi connectivity index (χ2n) is 5.07. The molecule has 0 aliphatic heterocycles. The molecule has 0 spiro atoms. The summed E-state index contributed by atoms with van der Waals surface area (Å²) in [6.07, 6.45) is 0.589. The Bertz CT molecular complexity index is 628. The molecule has 0 bridgehead atoms. The highest BCUT2D eigenvalue weighted by Crippen LogP contribution is 2.24. The van der Waals surface area contributed by atoms with Crippen LogP contribution in [0.15, 0.2) is 36.4 Å². The topological polar surface area (TPSA) is 12.0 Å². The smallest absolute Gasteiger partial charge is 0.159 e. The second kappa shape index (κ2) is 7.01. The summed E-state index contributed by atoms with van der Waals surface area (Å²) in [5, 5.41) is 4.09. The molecule has 2 aromatic rings. The molecule has 0 saturated carbocycles. The molecule has 0 aromatic heterocycles. The van der Waals surface area contributed by atoms with Crippen LogP contribution in [0.4, 0.5) is 8.78 Å². The fourth-order valence-corrected chi connectivity index (χ4v) is 2.46. The highest BCUT2D eigenvalue weighted by molar-refractivity contribution is 6.31. The lowest BCUT2D eigenvalue weighted by Gasteiger charge is -2.19. The van der Waals surface area contributed by atoms with Crippen molar-refractivity contribution < 1.29 is 8.78 Å². The molecule has 1 atom stereocenters. The van der Waals surface area contributed by atoms with Gasteiger partial charge in [0.05, 0.1) is 0 Å². The molecule has 0 radical (unpaired) electrons. The third-order valence-electron chi connectivity index (χ3n) is 3.46. The molecular formula is C17H18ClF2N. The van der Waals surface area contributed by atoms with Crippen LogP contribution in [0.5, 0.6) is 0 Å². The number of nitrogens with one attached hydrogen (secondary N) is 1. The van der Waals surface area contributed by atoms with E-state index in [1.165, 1.54) is 12.1 Å². The Labute approximate surface area is 128 Å². The normalized spacial score (nSPS) is 12.4. The highest BCUT2D eigenvalue weighted by atomic mass is 35.5. The first kappa shape index (κ1) is 15.9. The minimum absolute atomic E-state index is 0.0378. The minimum Gasteiger partial charge on any atom is -0.310 e.